The third-order valence-corrected chi connectivity index (χ3v) is 14.4. The third kappa shape index (κ3) is 63.3. The van der Waals surface area contributed by atoms with E-state index in [1.165, 1.54) is 180 Å². The van der Waals surface area contributed by atoms with Gasteiger partial charge >= 0.3 is 17.9 Å². The van der Waals surface area contributed by atoms with Crippen molar-refractivity contribution in [2.24, 2.45) is 0 Å². The number of unbranched alkanes of at least 4 members (excludes halogenated alkanes) is 35. The molecule has 1 unspecified atom stereocenters. The van der Waals surface area contributed by atoms with Gasteiger partial charge in [0, 0.05) is 19.3 Å². The summed E-state index contributed by atoms with van der Waals surface area (Å²) < 4.78 is 17.0. The van der Waals surface area contributed by atoms with Crippen LogP contribution in [-0.2, 0) is 28.6 Å². The number of allylic oxidation sites excluding steroid dienone is 14. The van der Waals surface area contributed by atoms with E-state index in [1.807, 2.05) is 0 Å². The molecule has 0 saturated carbocycles. The average molecular weight is 1070 g/mol. The van der Waals surface area contributed by atoms with Crippen LogP contribution in [0.15, 0.2) is 85.1 Å². The highest BCUT2D eigenvalue weighted by Crippen LogP contribution is 2.17. The van der Waals surface area contributed by atoms with Crippen LogP contribution < -0.4 is 0 Å². The number of hydrogen-bond donors (Lipinski definition) is 0. The SMILES string of the molecule is CC/C=C\C/C=C\C/C=C\C/C=C\C/C=C\CCCCCCCCCCCC(=O)OCC(COC(=O)CCCCCCCCCCCCCCCCCCC)OC(=O)CCCCCCCCC/C=C\C/C=C\CCCCC. The lowest BCUT2D eigenvalue weighted by atomic mass is 10.0. The Morgan fingerprint density at radius 1 is 0.273 bits per heavy atom. The minimum atomic E-state index is -0.783. The summed E-state index contributed by atoms with van der Waals surface area (Å²) in [5.74, 6) is -0.876. The normalized spacial score (nSPS) is 12.6. The third-order valence-electron chi connectivity index (χ3n) is 14.4. The molecule has 1 atom stereocenters. The Bertz CT molecular complexity index is 1470. The maximum Gasteiger partial charge on any atom is 0.306 e. The molecule has 0 aliphatic carbocycles. The molecule has 0 saturated heterocycles. The highest BCUT2D eigenvalue weighted by Gasteiger charge is 2.19. The smallest absolute Gasteiger partial charge is 0.306 e. The molecule has 0 aromatic carbocycles. The predicted octanol–water partition coefficient (Wildman–Crippen LogP) is 22.7. The van der Waals surface area contributed by atoms with E-state index in [9.17, 15) is 14.4 Å². The topological polar surface area (TPSA) is 78.9 Å². The molecule has 6 heteroatoms. The summed E-state index contributed by atoms with van der Waals surface area (Å²) in [4.78, 5) is 38.4. The molecule has 0 bridgehead atoms. The number of esters is 3. The van der Waals surface area contributed by atoms with Crippen molar-refractivity contribution in [1.29, 1.82) is 0 Å². The molecule has 0 aliphatic heterocycles. The molecule has 77 heavy (non-hydrogen) atoms. The Morgan fingerprint density at radius 3 is 0.818 bits per heavy atom. The van der Waals surface area contributed by atoms with Crippen LogP contribution in [0.2, 0.25) is 0 Å². The van der Waals surface area contributed by atoms with Crippen LogP contribution in [-0.4, -0.2) is 37.2 Å². The molecule has 0 radical (unpaired) electrons. The fraction of sp³-hybridized carbons (Fsp3) is 0.761. The van der Waals surface area contributed by atoms with Crippen molar-refractivity contribution in [1.82, 2.24) is 0 Å². The lowest BCUT2D eigenvalue weighted by Crippen LogP contribution is -2.30. The maximum atomic E-state index is 12.9. The summed E-state index contributed by atoms with van der Waals surface area (Å²) in [6.07, 6.45) is 85.8. The van der Waals surface area contributed by atoms with Crippen LogP contribution in [0.4, 0.5) is 0 Å². The molecule has 0 N–H and O–H groups in total. The van der Waals surface area contributed by atoms with E-state index in [0.29, 0.717) is 19.3 Å². The van der Waals surface area contributed by atoms with Gasteiger partial charge in [-0.3, -0.25) is 14.4 Å². The first-order chi connectivity index (χ1) is 38.0. The molecule has 0 aromatic heterocycles. The Hall–Kier alpha value is -3.41. The minimum absolute atomic E-state index is 0.0782. The van der Waals surface area contributed by atoms with Crippen LogP contribution in [0.5, 0.6) is 0 Å². The second-order valence-corrected chi connectivity index (χ2v) is 22.0. The van der Waals surface area contributed by atoms with Crippen molar-refractivity contribution < 1.29 is 28.6 Å². The van der Waals surface area contributed by atoms with Crippen molar-refractivity contribution in [2.45, 2.75) is 335 Å². The largest absolute Gasteiger partial charge is 0.462 e. The Kier molecular flexibility index (Phi) is 62.2. The van der Waals surface area contributed by atoms with Crippen molar-refractivity contribution >= 4 is 17.9 Å². The van der Waals surface area contributed by atoms with Gasteiger partial charge in [0.1, 0.15) is 13.2 Å². The molecular weight excluding hydrogens is 949 g/mol. The van der Waals surface area contributed by atoms with Crippen LogP contribution in [0, 0.1) is 0 Å². The first-order valence-electron chi connectivity index (χ1n) is 33.1. The number of carbonyl (C=O) groups excluding carboxylic acids is 3. The number of carbonyl (C=O) groups is 3. The number of ether oxygens (including phenoxy) is 3. The van der Waals surface area contributed by atoms with E-state index in [-0.39, 0.29) is 31.1 Å². The fourth-order valence-corrected chi connectivity index (χ4v) is 9.44. The van der Waals surface area contributed by atoms with Crippen molar-refractivity contribution in [3.8, 4) is 0 Å². The second-order valence-electron chi connectivity index (χ2n) is 22.0. The van der Waals surface area contributed by atoms with Crippen LogP contribution in [0.1, 0.15) is 329 Å². The van der Waals surface area contributed by atoms with E-state index in [0.717, 1.165) is 109 Å². The van der Waals surface area contributed by atoms with Crippen molar-refractivity contribution in [2.75, 3.05) is 13.2 Å². The standard InChI is InChI=1S/C71H124O6/c1-4-7-10-13-16-19-22-25-28-31-32-33-34-35-36-37-38-41-43-46-49-52-55-58-61-64-70(73)76-67-68(77-71(74)65-62-59-56-53-50-47-44-40-30-27-24-21-18-15-12-9-6-3)66-75-69(72)63-60-57-54-51-48-45-42-39-29-26-23-20-17-14-11-8-5-2/h7,10,16,18-19,21,25,27-28,30,32-33,35-36,68H,4-6,8-9,11-15,17,20,22-24,26,29,31,34,37-67H2,1-3H3/b10-7-,19-16-,21-18-,28-25-,30-27-,33-32-,36-35-. The highest BCUT2D eigenvalue weighted by atomic mass is 16.6. The summed E-state index contributed by atoms with van der Waals surface area (Å²) >= 11 is 0. The number of hydrogen-bond acceptors (Lipinski definition) is 6. The van der Waals surface area contributed by atoms with Gasteiger partial charge in [-0.05, 0) is 96.3 Å². The average Bonchev–Trinajstić information content (AvgIpc) is 3.43. The van der Waals surface area contributed by atoms with Gasteiger partial charge in [0.05, 0.1) is 0 Å². The maximum absolute atomic E-state index is 12.9. The molecule has 444 valence electrons. The zero-order valence-corrected chi connectivity index (χ0v) is 51.0. The van der Waals surface area contributed by atoms with Gasteiger partial charge < -0.3 is 14.2 Å². The van der Waals surface area contributed by atoms with Crippen LogP contribution >= 0.6 is 0 Å². The highest BCUT2D eigenvalue weighted by molar-refractivity contribution is 5.71. The van der Waals surface area contributed by atoms with E-state index in [4.69, 9.17) is 14.2 Å². The van der Waals surface area contributed by atoms with Crippen LogP contribution in [0.25, 0.3) is 0 Å². The molecule has 0 aliphatic rings. The molecular formula is C71H124O6. The second kappa shape index (κ2) is 65.1. The fourth-order valence-electron chi connectivity index (χ4n) is 9.44. The first-order valence-corrected chi connectivity index (χ1v) is 33.1. The summed E-state index contributed by atoms with van der Waals surface area (Å²) in [7, 11) is 0. The van der Waals surface area contributed by atoms with E-state index < -0.39 is 6.10 Å². The quantitative estimate of drug-likeness (QED) is 0.0261. The Morgan fingerprint density at radius 2 is 0.506 bits per heavy atom. The van der Waals surface area contributed by atoms with Gasteiger partial charge in [0.2, 0.25) is 0 Å². The van der Waals surface area contributed by atoms with Gasteiger partial charge in [0.25, 0.3) is 0 Å². The molecule has 0 fully saturated rings. The van der Waals surface area contributed by atoms with Gasteiger partial charge in [-0.1, -0.05) is 298 Å². The lowest BCUT2D eigenvalue weighted by Gasteiger charge is -2.18. The van der Waals surface area contributed by atoms with Gasteiger partial charge in [0.15, 0.2) is 6.10 Å². The predicted molar refractivity (Wildman–Crippen MR) is 334 cm³/mol. The van der Waals surface area contributed by atoms with Gasteiger partial charge in [-0.2, -0.15) is 0 Å². The molecule has 0 rings (SSSR count). The zero-order valence-electron chi connectivity index (χ0n) is 51.0. The molecule has 0 aromatic rings. The Balaban J connectivity index is 4.35. The molecule has 0 amide bonds. The zero-order chi connectivity index (χ0) is 55.7. The van der Waals surface area contributed by atoms with Gasteiger partial charge in [-0.15, -0.1) is 0 Å². The summed E-state index contributed by atoms with van der Waals surface area (Å²) in [5.41, 5.74) is 0. The molecule has 0 heterocycles. The lowest BCUT2D eigenvalue weighted by molar-refractivity contribution is -0.167. The van der Waals surface area contributed by atoms with Gasteiger partial charge in [-0.25, -0.2) is 0 Å². The monoisotopic (exact) mass is 1070 g/mol. The summed E-state index contributed by atoms with van der Waals surface area (Å²) in [5, 5.41) is 0. The number of rotatable bonds is 60. The van der Waals surface area contributed by atoms with Crippen LogP contribution in [0.3, 0.4) is 0 Å². The first kappa shape index (κ1) is 73.6. The minimum Gasteiger partial charge on any atom is -0.462 e. The van der Waals surface area contributed by atoms with Crippen molar-refractivity contribution in [3.63, 3.8) is 0 Å². The Labute approximate surface area is 477 Å². The molecule has 6 nitrogen and oxygen atoms in total. The summed E-state index contributed by atoms with van der Waals surface area (Å²) in [6, 6.07) is 0. The van der Waals surface area contributed by atoms with E-state index in [1.54, 1.807) is 0 Å². The molecule has 0 spiro atoms. The van der Waals surface area contributed by atoms with E-state index in [2.05, 4.69) is 106 Å². The van der Waals surface area contributed by atoms with Crippen molar-refractivity contribution in [3.05, 3.63) is 85.1 Å². The van der Waals surface area contributed by atoms with E-state index >= 15 is 0 Å². The summed E-state index contributed by atoms with van der Waals surface area (Å²) in [6.45, 7) is 6.53.